The Morgan fingerprint density at radius 2 is 1.95 bits per heavy atom. The van der Waals surface area contributed by atoms with E-state index in [1.54, 1.807) is 0 Å². The standard InChI is InChI=1S/C11H13F3N4OS/c1-3-7-6(8(4-2)19-18-7)5-15-10-17-16-9(20-10)11(12,13)14/h3-5H2,1-2H3,(H,15,17). The average molecular weight is 306 g/mol. The number of halogens is 3. The third-order valence-corrected chi connectivity index (χ3v) is 3.62. The van der Waals surface area contributed by atoms with Gasteiger partial charge in [0.25, 0.3) is 0 Å². The minimum absolute atomic E-state index is 0.127. The van der Waals surface area contributed by atoms with Crippen molar-refractivity contribution in [3.63, 3.8) is 0 Å². The highest BCUT2D eigenvalue weighted by atomic mass is 32.1. The van der Waals surface area contributed by atoms with Crippen LogP contribution in [0.5, 0.6) is 0 Å². The van der Waals surface area contributed by atoms with Crippen molar-refractivity contribution < 1.29 is 17.7 Å². The number of hydrogen-bond acceptors (Lipinski definition) is 6. The lowest BCUT2D eigenvalue weighted by atomic mass is 10.1. The van der Waals surface area contributed by atoms with Crippen molar-refractivity contribution in [3.8, 4) is 0 Å². The molecule has 1 N–H and O–H groups in total. The molecule has 0 amide bonds. The van der Waals surface area contributed by atoms with Crippen molar-refractivity contribution in [2.45, 2.75) is 39.4 Å². The van der Waals surface area contributed by atoms with Crippen LogP contribution in [0.15, 0.2) is 4.52 Å². The Hall–Kier alpha value is -1.64. The molecule has 20 heavy (non-hydrogen) atoms. The van der Waals surface area contributed by atoms with Crippen molar-refractivity contribution in [2.24, 2.45) is 0 Å². The maximum atomic E-state index is 12.4. The van der Waals surface area contributed by atoms with Crippen LogP contribution in [0, 0.1) is 0 Å². The molecule has 2 heterocycles. The second kappa shape index (κ2) is 5.78. The second-order valence-electron chi connectivity index (χ2n) is 4.00. The molecular weight excluding hydrogens is 293 g/mol. The normalized spacial score (nSPS) is 11.8. The molecule has 0 atom stereocenters. The van der Waals surface area contributed by atoms with E-state index < -0.39 is 11.2 Å². The molecule has 2 aromatic rings. The van der Waals surface area contributed by atoms with Gasteiger partial charge in [-0.1, -0.05) is 30.3 Å². The van der Waals surface area contributed by atoms with Crippen molar-refractivity contribution in [3.05, 3.63) is 22.0 Å². The summed E-state index contributed by atoms with van der Waals surface area (Å²) in [7, 11) is 0. The van der Waals surface area contributed by atoms with E-state index in [1.165, 1.54) is 0 Å². The van der Waals surface area contributed by atoms with E-state index in [1.807, 2.05) is 13.8 Å². The van der Waals surface area contributed by atoms with Crippen LogP contribution < -0.4 is 5.32 Å². The molecule has 9 heteroatoms. The van der Waals surface area contributed by atoms with Gasteiger partial charge in [0, 0.05) is 18.5 Å². The van der Waals surface area contributed by atoms with Crippen molar-refractivity contribution >= 4 is 16.5 Å². The summed E-state index contributed by atoms with van der Waals surface area (Å²) in [4.78, 5) is 0. The Morgan fingerprint density at radius 3 is 2.50 bits per heavy atom. The van der Waals surface area contributed by atoms with Gasteiger partial charge in [0.2, 0.25) is 10.1 Å². The van der Waals surface area contributed by atoms with Crippen LogP contribution >= 0.6 is 11.3 Å². The Labute approximate surface area is 117 Å². The molecule has 2 rings (SSSR count). The first-order valence-electron chi connectivity index (χ1n) is 6.06. The number of rotatable bonds is 5. The molecule has 5 nitrogen and oxygen atoms in total. The van der Waals surface area contributed by atoms with E-state index >= 15 is 0 Å². The first-order valence-corrected chi connectivity index (χ1v) is 6.88. The van der Waals surface area contributed by atoms with Gasteiger partial charge >= 0.3 is 6.18 Å². The predicted octanol–water partition coefficient (Wildman–Crippen LogP) is 3.28. The van der Waals surface area contributed by atoms with Crippen LogP contribution in [0.1, 0.15) is 35.9 Å². The number of nitrogens with zero attached hydrogens (tertiary/aromatic N) is 3. The molecule has 2 aromatic heterocycles. The fourth-order valence-electron chi connectivity index (χ4n) is 1.71. The van der Waals surface area contributed by atoms with Crippen molar-refractivity contribution in [2.75, 3.05) is 5.32 Å². The Kier molecular flexibility index (Phi) is 4.26. The topological polar surface area (TPSA) is 63.8 Å². The lowest BCUT2D eigenvalue weighted by Gasteiger charge is -2.03. The highest BCUT2D eigenvalue weighted by Gasteiger charge is 2.35. The Bertz CT molecular complexity index is 557. The van der Waals surface area contributed by atoms with Crippen LogP contribution in [0.3, 0.4) is 0 Å². The largest absolute Gasteiger partial charge is 0.445 e. The zero-order valence-electron chi connectivity index (χ0n) is 10.9. The second-order valence-corrected chi connectivity index (χ2v) is 4.98. The van der Waals surface area contributed by atoms with Crippen molar-refractivity contribution in [1.29, 1.82) is 0 Å². The number of alkyl halides is 3. The number of hydrogen-bond donors (Lipinski definition) is 1. The van der Waals surface area contributed by atoms with Gasteiger partial charge in [0.15, 0.2) is 0 Å². The summed E-state index contributed by atoms with van der Waals surface area (Å²) in [6.45, 7) is 4.19. The van der Waals surface area contributed by atoms with E-state index in [4.69, 9.17) is 4.52 Å². The van der Waals surface area contributed by atoms with E-state index in [2.05, 4.69) is 20.7 Å². The smallest absolute Gasteiger partial charge is 0.361 e. The maximum Gasteiger partial charge on any atom is 0.445 e. The van der Waals surface area contributed by atoms with Gasteiger partial charge in [0.1, 0.15) is 5.76 Å². The summed E-state index contributed by atoms with van der Waals surface area (Å²) in [5.41, 5.74) is 1.67. The zero-order chi connectivity index (χ0) is 14.8. The monoisotopic (exact) mass is 306 g/mol. The zero-order valence-corrected chi connectivity index (χ0v) is 11.7. The molecule has 0 aliphatic rings. The molecule has 0 spiro atoms. The number of aryl methyl sites for hydroxylation is 2. The number of nitrogens with one attached hydrogen (secondary N) is 1. The molecule has 0 saturated carbocycles. The van der Waals surface area contributed by atoms with Crippen LogP contribution in [-0.4, -0.2) is 15.4 Å². The minimum atomic E-state index is -4.46. The summed E-state index contributed by atoms with van der Waals surface area (Å²) in [5, 5.41) is 12.5. The first kappa shape index (κ1) is 14.8. The van der Waals surface area contributed by atoms with Gasteiger partial charge in [-0.15, -0.1) is 10.2 Å². The van der Waals surface area contributed by atoms with E-state index in [9.17, 15) is 13.2 Å². The highest BCUT2D eigenvalue weighted by molar-refractivity contribution is 7.15. The van der Waals surface area contributed by atoms with Crippen molar-refractivity contribution in [1.82, 2.24) is 15.4 Å². The van der Waals surface area contributed by atoms with Gasteiger partial charge in [0.05, 0.1) is 5.69 Å². The highest BCUT2D eigenvalue weighted by Crippen LogP contribution is 2.33. The van der Waals surface area contributed by atoms with Gasteiger partial charge < -0.3 is 9.84 Å². The molecule has 0 radical (unpaired) electrons. The molecular formula is C11H13F3N4OS. The number of aromatic nitrogens is 3. The Morgan fingerprint density at radius 1 is 1.20 bits per heavy atom. The third kappa shape index (κ3) is 3.09. The molecule has 0 bridgehead atoms. The van der Waals surface area contributed by atoms with Gasteiger partial charge in [-0.05, 0) is 6.42 Å². The summed E-state index contributed by atoms with van der Waals surface area (Å²) in [6.07, 6.45) is -3.09. The molecule has 0 unspecified atom stereocenters. The van der Waals surface area contributed by atoms with Gasteiger partial charge in [-0.2, -0.15) is 13.2 Å². The van der Waals surface area contributed by atoms with E-state index in [0.29, 0.717) is 30.7 Å². The summed E-state index contributed by atoms with van der Waals surface area (Å²) >= 11 is 0.479. The molecule has 0 fully saturated rings. The molecule has 0 aliphatic carbocycles. The fraction of sp³-hybridized carbons (Fsp3) is 0.545. The van der Waals surface area contributed by atoms with E-state index in [-0.39, 0.29) is 5.13 Å². The quantitative estimate of drug-likeness (QED) is 0.918. The summed E-state index contributed by atoms with van der Waals surface area (Å²) in [5.74, 6) is 0.731. The van der Waals surface area contributed by atoms with Gasteiger partial charge in [-0.25, -0.2) is 0 Å². The minimum Gasteiger partial charge on any atom is -0.361 e. The third-order valence-electron chi connectivity index (χ3n) is 2.69. The maximum absolute atomic E-state index is 12.4. The predicted molar refractivity (Wildman–Crippen MR) is 67.5 cm³/mol. The molecule has 110 valence electrons. The van der Waals surface area contributed by atoms with Crippen LogP contribution in [0.25, 0.3) is 0 Å². The SMILES string of the molecule is CCc1noc(CC)c1CNc1nnc(C(F)(F)F)s1. The molecule has 0 saturated heterocycles. The van der Waals surface area contributed by atoms with Crippen LogP contribution in [0.2, 0.25) is 0 Å². The molecule has 0 aromatic carbocycles. The average Bonchev–Trinajstić information content (AvgIpc) is 3.01. The number of anilines is 1. The van der Waals surface area contributed by atoms with E-state index in [0.717, 1.165) is 17.0 Å². The van der Waals surface area contributed by atoms with Gasteiger partial charge in [-0.3, -0.25) is 0 Å². The molecule has 0 aliphatic heterocycles. The lowest BCUT2D eigenvalue weighted by molar-refractivity contribution is -0.138. The first-order chi connectivity index (χ1) is 9.45. The fourth-order valence-corrected chi connectivity index (χ4v) is 2.32. The van der Waals surface area contributed by atoms with Crippen LogP contribution in [-0.2, 0) is 25.6 Å². The Balaban J connectivity index is 2.09. The van der Waals surface area contributed by atoms with Crippen LogP contribution in [0.4, 0.5) is 18.3 Å². The summed E-state index contributed by atoms with van der Waals surface area (Å²) in [6, 6.07) is 0. The summed E-state index contributed by atoms with van der Waals surface area (Å²) < 4.78 is 42.4. The lowest BCUT2D eigenvalue weighted by Crippen LogP contribution is -2.03.